The van der Waals surface area contributed by atoms with E-state index >= 15 is 0 Å². The topological polar surface area (TPSA) is 249 Å². The predicted octanol–water partition coefficient (Wildman–Crippen LogP) is -7.88. The van der Waals surface area contributed by atoms with Gasteiger partial charge in [0.1, 0.15) is 0 Å². The monoisotopic (exact) mass is 1180 g/mol. The van der Waals surface area contributed by atoms with Crippen LogP contribution in [0, 0.1) is 0 Å². The Morgan fingerprint density at radius 1 is 0.297 bits per heavy atom. The van der Waals surface area contributed by atoms with Crippen LogP contribution in [-0.2, 0) is 33.0 Å². The summed E-state index contributed by atoms with van der Waals surface area (Å²) < 4.78 is 14.6. The molecule has 0 aliphatic heterocycles. The van der Waals surface area contributed by atoms with Gasteiger partial charge in [-0.3, -0.25) is 0 Å². The van der Waals surface area contributed by atoms with Gasteiger partial charge in [0.2, 0.25) is 0 Å². The first-order valence-corrected chi connectivity index (χ1v) is 21.8. The maximum atomic E-state index is 7.57. The summed E-state index contributed by atoms with van der Waals surface area (Å²) in [5.41, 5.74) is 3.26. The molecule has 0 saturated heterocycles. The Labute approximate surface area is 474 Å². The van der Waals surface area contributed by atoms with Gasteiger partial charge < -0.3 is 70.1 Å². The molecular formula is C46H58Cl4N18Ni2O4. The fraction of sp³-hybridized carbons (Fsp3) is 0.261. The van der Waals surface area contributed by atoms with E-state index in [-0.39, 0.29) is 134 Å². The van der Waals surface area contributed by atoms with Crippen LogP contribution >= 0.6 is 0 Å². The SMILES string of the molecule is CCO.CCO.CCO.CCO.[Cl-].[Cl-].[Cl-].[Cl-].[Ni+2].[Ni+2].c1cc(C(n2cccn2)n2cccn2)nc(C(n2cccn2)n2cccn2)c1.c1cc(C(n2cccn2)n2cccn2)nc(C(n2cccn2)n2cccn2)c1. The van der Waals surface area contributed by atoms with Gasteiger partial charge in [-0.05, 0) is 100 Å². The smallest absolute Gasteiger partial charge is 1.00 e. The molecule has 10 aromatic rings. The number of aromatic nitrogens is 18. The second-order valence-electron chi connectivity index (χ2n) is 13.6. The number of hydrogen-bond acceptors (Lipinski definition) is 14. The van der Waals surface area contributed by atoms with Crippen molar-refractivity contribution in [2.24, 2.45) is 0 Å². The van der Waals surface area contributed by atoms with Gasteiger partial charge in [-0.15, -0.1) is 0 Å². The number of halogens is 4. The van der Waals surface area contributed by atoms with E-state index in [9.17, 15) is 0 Å². The van der Waals surface area contributed by atoms with Crippen molar-refractivity contribution >= 4 is 0 Å². The van der Waals surface area contributed by atoms with E-state index < -0.39 is 0 Å². The summed E-state index contributed by atoms with van der Waals surface area (Å²) in [5.74, 6) is 0. The third kappa shape index (κ3) is 20.0. The van der Waals surface area contributed by atoms with Crippen molar-refractivity contribution < 1.29 is 103 Å². The van der Waals surface area contributed by atoms with Crippen LogP contribution in [-0.4, -0.2) is 135 Å². The van der Waals surface area contributed by atoms with Crippen molar-refractivity contribution in [1.29, 1.82) is 0 Å². The Morgan fingerprint density at radius 3 is 0.541 bits per heavy atom. The maximum absolute atomic E-state index is 7.57. The molecule has 0 bridgehead atoms. The van der Waals surface area contributed by atoms with Gasteiger partial charge in [0.25, 0.3) is 0 Å². The molecule has 0 amide bonds. The third-order valence-corrected chi connectivity index (χ3v) is 8.85. The zero-order chi connectivity index (χ0) is 48.4. The van der Waals surface area contributed by atoms with Gasteiger partial charge in [0.05, 0.1) is 22.8 Å². The van der Waals surface area contributed by atoms with Gasteiger partial charge in [0.15, 0.2) is 24.7 Å². The Balaban J connectivity index is 0. The quantitative estimate of drug-likeness (QED) is 0.0831. The van der Waals surface area contributed by atoms with Crippen LogP contribution in [0.5, 0.6) is 0 Å². The molecule has 10 aromatic heterocycles. The summed E-state index contributed by atoms with van der Waals surface area (Å²) in [5, 5.41) is 65.5. The average molecular weight is 1190 g/mol. The fourth-order valence-electron chi connectivity index (χ4n) is 6.48. The molecule has 10 heterocycles. The Bertz CT molecular complexity index is 2220. The number of rotatable bonds is 12. The summed E-state index contributed by atoms with van der Waals surface area (Å²) in [4.78, 5) is 9.91. The first-order chi connectivity index (χ1) is 33.5. The number of aliphatic hydroxyl groups excluding tert-OH is 4. The van der Waals surface area contributed by atoms with E-state index in [1.54, 1.807) is 77.3 Å². The minimum atomic E-state index is -0.291. The molecule has 0 radical (unpaired) electrons. The molecule has 0 saturated carbocycles. The van der Waals surface area contributed by atoms with Gasteiger partial charge in [0, 0.05) is 126 Å². The zero-order valence-electron chi connectivity index (χ0n) is 40.4. The first-order valence-electron chi connectivity index (χ1n) is 21.8. The minimum absolute atomic E-state index is 0. The zero-order valence-corrected chi connectivity index (χ0v) is 45.4. The molecule has 0 fully saturated rings. The molecule has 0 aromatic carbocycles. The predicted molar refractivity (Wildman–Crippen MR) is 251 cm³/mol. The molecule has 404 valence electrons. The van der Waals surface area contributed by atoms with Crippen molar-refractivity contribution in [3.63, 3.8) is 0 Å². The van der Waals surface area contributed by atoms with E-state index in [1.807, 2.05) is 172 Å². The molecular weight excluding hydrogens is 1130 g/mol. The van der Waals surface area contributed by atoms with Crippen LogP contribution in [0.15, 0.2) is 184 Å². The minimum Gasteiger partial charge on any atom is -1.00 e. The first kappa shape index (κ1) is 70.0. The van der Waals surface area contributed by atoms with Crippen molar-refractivity contribution in [3.05, 3.63) is 207 Å². The van der Waals surface area contributed by atoms with E-state index in [2.05, 4.69) is 40.8 Å². The summed E-state index contributed by atoms with van der Waals surface area (Å²) in [7, 11) is 0. The summed E-state index contributed by atoms with van der Waals surface area (Å²) in [6, 6.07) is 26.9. The van der Waals surface area contributed by atoms with Crippen LogP contribution in [0.4, 0.5) is 0 Å². The van der Waals surface area contributed by atoms with E-state index in [4.69, 9.17) is 30.4 Å². The normalized spacial score (nSPS) is 9.68. The second kappa shape index (κ2) is 39.4. The molecule has 28 heteroatoms. The van der Waals surface area contributed by atoms with Crippen molar-refractivity contribution in [3.8, 4) is 0 Å². The van der Waals surface area contributed by atoms with E-state index in [1.165, 1.54) is 0 Å². The Hall–Kier alpha value is -6.03. The molecule has 4 N–H and O–H groups in total. The van der Waals surface area contributed by atoms with Crippen molar-refractivity contribution in [1.82, 2.24) is 88.2 Å². The number of aliphatic hydroxyl groups is 4. The van der Waals surface area contributed by atoms with E-state index in [0.717, 1.165) is 22.8 Å². The summed E-state index contributed by atoms with van der Waals surface area (Å²) in [6.45, 7) is 7.72. The van der Waals surface area contributed by atoms with Crippen LogP contribution in [0.2, 0.25) is 0 Å². The third-order valence-electron chi connectivity index (χ3n) is 8.85. The molecule has 10 rings (SSSR count). The van der Waals surface area contributed by atoms with Crippen molar-refractivity contribution in [2.75, 3.05) is 26.4 Å². The number of nitrogens with zero attached hydrogens (tertiary/aromatic N) is 18. The molecule has 0 aliphatic carbocycles. The van der Waals surface area contributed by atoms with Gasteiger partial charge in [-0.25, -0.2) is 47.4 Å². The van der Waals surface area contributed by atoms with Gasteiger partial charge >= 0.3 is 33.0 Å². The number of pyridine rings is 2. The maximum Gasteiger partial charge on any atom is 2.00 e. The van der Waals surface area contributed by atoms with E-state index in [0.29, 0.717) is 0 Å². The van der Waals surface area contributed by atoms with Gasteiger partial charge in [-0.1, -0.05) is 12.1 Å². The summed E-state index contributed by atoms with van der Waals surface area (Å²) in [6.07, 6.45) is 28.0. The van der Waals surface area contributed by atoms with Crippen LogP contribution in [0.3, 0.4) is 0 Å². The average Bonchev–Trinajstić information content (AvgIpc) is 4.18. The molecule has 0 aliphatic rings. The standard InChI is InChI=1S/2C19H17N9.4C2H6O.4ClH.2Ni/c2*1-6-16(18(25-12-2-8-20-25)26-13-3-9-21-26)24-17(7-1)19(27-14-4-10-22-27)28-15-5-11-23-28;4*1-2-3;;;;;;/h2*1-15,18-19H;4*3H,2H2,1H3;4*1H;;/q;;;;;;;;;;2*+2/p-4. The number of hydrogen-bond donors (Lipinski definition) is 4. The second-order valence-corrected chi connectivity index (χ2v) is 13.6. The van der Waals surface area contributed by atoms with Crippen LogP contribution < -0.4 is 49.6 Å². The molecule has 0 atom stereocenters. The van der Waals surface area contributed by atoms with Gasteiger partial charge in [-0.2, -0.15) is 40.8 Å². The van der Waals surface area contributed by atoms with Crippen molar-refractivity contribution in [2.45, 2.75) is 52.4 Å². The Morgan fingerprint density at radius 2 is 0.432 bits per heavy atom. The van der Waals surface area contributed by atoms with Crippen LogP contribution in [0.1, 0.15) is 75.1 Å². The molecule has 0 unspecified atom stereocenters. The molecule has 0 spiro atoms. The largest absolute Gasteiger partial charge is 2.00 e. The summed E-state index contributed by atoms with van der Waals surface area (Å²) >= 11 is 0. The van der Waals surface area contributed by atoms with Crippen LogP contribution in [0.25, 0.3) is 0 Å². The molecule has 22 nitrogen and oxygen atoms in total. The Kier molecular flexibility index (Phi) is 37.3. The molecule has 74 heavy (non-hydrogen) atoms. The fourth-order valence-corrected chi connectivity index (χ4v) is 6.48.